The lowest BCUT2D eigenvalue weighted by Crippen LogP contribution is -2.30. The van der Waals surface area contributed by atoms with Crippen molar-refractivity contribution in [2.24, 2.45) is 0 Å². The van der Waals surface area contributed by atoms with Crippen LogP contribution in [0.25, 0.3) is 43.6 Å². The van der Waals surface area contributed by atoms with Gasteiger partial charge in [-0.25, -0.2) is 0 Å². The monoisotopic (exact) mass is 422 g/mol. The van der Waals surface area contributed by atoms with Crippen LogP contribution in [-0.4, -0.2) is 44.3 Å². The Morgan fingerprint density at radius 2 is 0.812 bits per heavy atom. The highest BCUT2D eigenvalue weighted by molar-refractivity contribution is 6.63. The minimum Gasteiger partial charge on any atom is -0.423 e. The van der Waals surface area contributed by atoms with Crippen molar-refractivity contribution in [3.63, 3.8) is 0 Å². The molecule has 0 aliphatic heterocycles. The van der Waals surface area contributed by atoms with Crippen molar-refractivity contribution in [2.45, 2.75) is 0 Å². The van der Waals surface area contributed by atoms with Crippen LogP contribution in [0, 0.1) is 0 Å². The number of para-hydroxylation sites is 2. The fourth-order valence-corrected chi connectivity index (χ4v) is 4.29. The van der Waals surface area contributed by atoms with Crippen molar-refractivity contribution in [2.75, 3.05) is 0 Å². The molecule has 6 N–H and O–H groups in total. The zero-order chi connectivity index (χ0) is 22.2. The molecule has 0 fully saturated rings. The van der Waals surface area contributed by atoms with Crippen LogP contribution in [0.3, 0.4) is 0 Å². The van der Waals surface area contributed by atoms with Gasteiger partial charge in [-0.15, -0.1) is 0 Å². The normalized spacial score (nSPS) is 11.1. The van der Waals surface area contributed by atoms with E-state index >= 15 is 0 Å². The zero-order valence-electron chi connectivity index (χ0n) is 17.0. The largest absolute Gasteiger partial charge is 0.489 e. The average molecular weight is 422 g/mol. The van der Waals surface area contributed by atoms with E-state index in [1.54, 1.807) is 12.1 Å². The molecule has 0 saturated heterocycles. The van der Waals surface area contributed by atoms with Gasteiger partial charge in [0.2, 0.25) is 0 Å². The Kier molecular flexibility index (Phi) is 5.20. The van der Waals surface area contributed by atoms with Gasteiger partial charge >= 0.3 is 14.2 Å². The third-order valence-electron chi connectivity index (χ3n) is 5.68. The van der Waals surface area contributed by atoms with Gasteiger partial charge in [0.1, 0.15) is 0 Å². The lowest BCUT2D eigenvalue weighted by Gasteiger charge is -2.01. The number of benzene rings is 4. The predicted molar refractivity (Wildman–Crippen MR) is 131 cm³/mol. The minimum atomic E-state index is -1.44. The average Bonchev–Trinajstić information content (AvgIpc) is 3.37. The van der Waals surface area contributed by atoms with E-state index in [9.17, 15) is 20.1 Å². The van der Waals surface area contributed by atoms with Crippen molar-refractivity contribution in [1.82, 2.24) is 9.97 Å². The molecule has 0 saturated carbocycles. The summed E-state index contributed by atoms with van der Waals surface area (Å²) in [5.41, 5.74) is 4.93. The van der Waals surface area contributed by atoms with Crippen molar-refractivity contribution in [3.8, 4) is 0 Å². The fourth-order valence-electron chi connectivity index (χ4n) is 4.29. The molecule has 2 aromatic heterocycles. The second-order valence-corrected chi connectivity index (χ2v) is 7.63. The van der Waals surface area contributed by atoms with Crippen LogP contribution in [0.2, 0.25) is 0 Å². The Bertz CT molecular complexity index is 1440. The van der Waals surface area contributed by atoms with Crippen molar-refractivity contribution in [3.05, 3.63) is 84.9 Å². The van der Waals surface area contributed by atoms with Crippen LogP contribution in [0.1, 0.15) is 0 Å². The molecule has 0 spiro atoms. The van der Waals surface area contributed by atoms with Gasteiger partial charge in [-0.3, -0.25) is 0 Å². The van der Waals surface area contributed by atoms with E-state index in [1.165, 1.54) is 0 Å². The van der Waals surface area contributed by atoms with Crippen molar-refractivity contribution < 1.29 is 20.1 Å². The molecule has 0 aliphatic carbocycles. The molecule has 0 amide bonds. The summed E-state index contributed by atoms with van der Waals surface area (Å²) in [5, 5.41) is 41.2. The van der Waals surface area contributed by atoms with E-state index in [4.69, 9.17) is 0 Å². The summed E-state index contributed by atoms with van der Waals surface area (Å²) >= 11 is 0. The Morgan fingerprint density at radius 1 is 0.438 bits per heavy atom. The molecule has 0 aliphatic rings. The zero-order valence-corrected chi connectivity index (χ0v) is 17.0. The summed E-state index contributed by atoms with van der Waals surface area (Å²) in [6.45, 7) is 0. The van der Waals surface area contributed by atoms with E-state index in [2.05, 4.69) is 9.97 Å². The Balaban J connectivity index is 0.000000135. The summed E-state index contributed by atoms with van der Waals surface area (Å²) in [6.07, 6.45) is 0. The van der Waals surface area contributed by atoms with Crippen molar-refractivity contribution >= 4 is 68.8 Å². The van der Waals surface area contributed by atoms with E-state index in [1.807, 2.05) is 72.8 Å². The Hall–Kier alpha value is -3.55. The van der Waals surface area contributed by atoms with Gasteiger partial charge in [-0.2, -0.15) is 0 Å². The molecule has 0 radical (unpaired) electrons. The van der Waals surface area contributed by atoms with Crippen LogP contribution in [-0.2, 0) is 0 Å². The number of hydrogen-bond acceptors (Lipinski definition) is 4. The molecule has 0 atom stereocenters. The summed E-state index contributed by atoms with van der Waals surface area (Å²) in [6, 6.07) is 26.6. The summed E-state index contributed by atoms with van der Waals surface area (Å²) in [5.74, 6) is 0. The molecule has 2 heterocycles. The molecule has 8 heteroatoms. The summed E-state index contributed by atoms with van der Waals surface area (Å²) in [4.78, 5) is 6.50. The lowest BCUT2D eigenvalue weighted by atomic mass is 9.77. The molecule has 156 valence electrons. The Labute approximate surface area is 184 Å². The van der Waals surface area contributed by atoms with Crippen molar-refractivity contribution in [1.29, 1.82) is 0 Å². The van der Waals surface area contributed by atoms with E-state index in [0.29, 0.717) is 10.9 Å². The number of rotatable bonds is 2. The van der Waals surface area contributed by atoms with Gasteiger partial charge < -0.3 is 30.1 Å². The smallest absolute Gasteiger partial charge is 0.423 e. The topological polar surface area (TPSA) is 112 Å². The lowest BCUT2D eigenvalue weighted by molar-refractivity contribution is 0.425. The molecular weight excluding hydrogens is 402 g/mol. The quantitative estimate of drug-likeness (QED) is 0.240. The third-order valence-corrected chi connectivity index (χ3v) is 5.68. The molecule has 0 unspecified atom stereocenters. The maximum atomic E-state index is 9.34. The third kappa shape index (κ3) is 3.45. The predicted octanol–water partition coefficient (Wildman–Crippen LogP) is 2.00. The van der Waals surface area contributed by atoms with Gasteiger partial charge in [-0.05, 0) is 35.2 Å². The number of aromatic nitrogens is 2. The minimum absolute atomic E-state index is 0.537. The highest BCUT2D eigenvalue weighted by atomic mass is 16.4. The fraction of sp³-hybridized carbons (Fsp3) is 0. The molecule has 6 aromatic rings. The van der Waals surface area contributed by atoms with Gasteiger partial charge in [0.25, 0.3) is 0 Å². The number of nitrogens with one attached hydrogen (secondary N) is 2. The van der Waals surface area contributed by atoms with Gasteiger partial charge in [0.05, 0.1) is 0 Å². The molecule has 32 heavy (non-hydrogen) atoms. The second-order valence-electron chi connectivity index (χ2n) is 7.63. The van der Waals surface area contributed by atoms with Crippen LogP contribution in [0.5, 0.6) is 0 Å². The van der Waals surface area contributed by atoms with Gasteiger partial charge in [0.15, 0.2) is 0 Å². The van der Waals surface area contributed by atoms with E-state index in [0.717, 1.165) is 43.6 Å². The summed E-state index contributed by atoms with van der Waals surface area (Å²) < 4.78 is 0. The first kappa shape index (κ1) is 20.4. The van der Waals surface area contributed by atoms with E-state index in [-0.39, 0.29) is 0 Å². The van der Waals surface area contributed by atoms with Crippen LogP contribution >= 0.6 is 0 Å². The number of fused-ring (bicyclic) bond motifs is 6. The summed E-state index contributed by atoms with van der Waals surface area (Å²) in [7, 11) is -2.88. The maximum Gasteiger partial charge on any atom is 0.489 e. The molecule has 0 bridgehead atoms. The number of H-pyrrole nitrogens is 2. The van der Waals surface area contributed by atoms with Gasteiger partial charge in [-0.1, -0.05) is 60.7 Å². The molecule has 4 aromatic carbocycles. The highest BCUT2D eigenvalue weighted by Gasteiger charge is 2.18. The van der Waals surface area contributed by atoms with Crippen LogP contribution in [0.4, 0.5) is 0 Å². The first-order chi connectivity index (χ1) is 15.5. The number of aromatic amines is 2. The first-order valence-corrected chi connectivity index (χ1v) is 10.3. The maximum absolute atomic E-state index is 9.34. The SMILES string of the molecule is OB(O)c1cccc2[nH]c3ccccc3c12.OB(O)c1cccc2[nH]c3ccccc3c12. The number of hydrogen-bond donors (Lipinski definition) is 6. The Morgan fingerprint density at radius 3 is 1.22 bits per heavy atom. The molecule has 6 rings (SSSR count). The molecule has 6 nitrogen and oxygen atoms in total. The first-order valence-electron chi connectivity index (χ1n) is 10.3. The highest BCUT2D eigenvalue weighted by Crippen LogP contribution is 2.24. The second kappa shape index (κ2) is 8.18. The van der Waals surface area contributed by atoms with Crippen LogP contribution in [0.15, 0.2) is 84.9 Å². The standard InChI is InChI=1S/2C12H10BNO2/c2*15-13(16)9-5-3-7-11-12(9)8-4-1-2-6-10(8)14-11/h2*1-7,14-16H. The van der Waals surface area contributed by atoms with Gasteiger partial charge in [0, 0.05) is 43.6 Å². The molecular formula is C24H20B2N2O4. The van der Waals surface area contributed by atoms with Crippen LogP contribution < -0.4 is 10.9 Å². The van der Waals surface area contributed by atoms with E-state index < -0.39 is 14.2 Å².